The van der Waals surface area contributed by atoms with Crippen LogP contribution in [0.5, 0.6) is 0 Å². The Hall–Kier alpha value is -2.65. The lowest BCUT2D eigenvalue weighted by molar-refractivity contribution is -0.113. The molecule has 2 heterocycles. The van der Waals surface area contributed by atoms with Crippen molar-refractivity contribution in [2.45, 2.75) is 20.3 Å². The van der Waals surface area contributed by atoms with Crippen LogP contribution in [0.3, 0.4) is 0 Å². The summed E-state index contributed by atoms with van der Waals surface area (Å²) in [5.41, 5.74) is 8.88. The van der Waals surface area contributed by atoms with Crippen LogP contribution in [0.2, 0.25) is 0 Å². The minimum atomic E-state index is -0.316. The summed E-state index contributed by atoms with van der Waals surface area (Å²) in [6.45, 7) is 4.24. The third-order valence-electron chi connectivity index (χ3n) is 3.67. The van der Waals surface area contributed by atoms with E-state index < -0.39 is 0 Å². The molecule has 1 aromatic carbocycles. The molecular formula is C18H16N4OS. The molecule has 1 amide bonds. The average Bonchev–Trinajstić information content (AvgIpc) is 2.85. The number of aliphatic imine (C=N–C) groups is 1. The van der Waals surface area contributed by atoms with Crippen molar-refractivity contribution in [2.75, 3.05) is 0 Å². The number of nitriles is 1. The van der Waals surface area contributed by atoms with Crippen molar-refractivity contribution in [3.63, 3.8) is 0 Å². The summed E-state index contributed by atoms with van der Waals surface area (Å²) >= 11 is 1.17. The summed E-state index contributed by atoms with van der Waals surface area (Å²) in [6.07, 6.45) is 4.20. The Morgan fingerprint density at radius 3 is 2.83 bits per heavy atom. The van der Waals surface area contributed by atoms with Crippen molar-refractivity contribution in [3.05, 3.63) is 46.0 Å². The van der Waals surface area contributed by atoms with E-state index in [1.54, 1.807) is 12.3 Å². The van der Waals surface area contributed by atoms with Gasteiger partial charge in [0.1, 0.15) is 6.07 Å². The SMILES string of the molecule is CC(C)Cc1c(C#N)cnc2ccc(C=C3SC(N)=NC3=O)cc12. The Bertz CT molecular complexity index is 938. The Morgan fingerprint density at radius 2 is 2.21 bits per heavy atom. The van der Waals surface area contributed by atoms with Crippen molar-refractivity contribution in [1.82, 2.24) is 4.98 Å². The molecule has 120 valence electrons. The standard InChI is InChI=1S/C18H16N4OS/c1-10(2)5-13-12(8-19)9-21-15-4-3-11(6-14(13)15)7-16-17(23)22-18(20)24-16/h3-4,6-7,9-10H,5H2,1-2H3,(H2,20,22,23). The maximum atomic E-state index is 11.8. The van der Waals surface area contributed by atoms with Crippen LogP contribution < -0.4 is 5.73 Å². The number of fused-ring (bicyclic) bond motifs is 1. The summed E-state index contributed by atoms with van der Waals surface area (Å²) in [5.74, 6) is 0.105. The fourth-order valence-corrected chi connectivity index (χ4v) is 3.34. The van der Waals surface area contributed by atoms with E-state index >= 15 is 0 Å². The van der Waals surface area contributed by atoms with Gasteiger partial charge in [0.05, 0.1) is 16.0 Å². The van der Waals surface area contributed by atoms with Crippen LogP contribution in [-0.2, 0) is 11.2 Å². The van der Waals surface area contributed by atoms with Gasteiger partial charge in [-0.2, -0.15) is 10.3 Å². The van der Waals surface area contributed by atoms with E-state index in [1.807, 2.05) is 18.2 Å². The van der Waals surface area contributed by atoms with E-state index in [0.717, 1.165) is 28.5 Å². The third kappa shape index (κ3) is 3.17. The highest BCUT2D eigenvalue weighted by molar-refractivity contribution is 8.18. The fourth-order valence-electron chi connectivity index (χ4n) is 2.66. The van der Waals surface area contributed by atoms with Gasteiger partial charge in [-0.3, -0.25) is 9.78 Å². The summed E-state index contributed by atoms with van der Waals surface area (Å²) in [5, 5.41) is 10.6. The summed E-state index contributed by atoms with van der Waals surface area (Å²) < 4.78 is 0. The van der Waals surface area contributed by atoms with Gasteiger partial charge in [0.2, 0.25) is 0 Å². The van der Waals surface area contributed by atoms with Gasteiger partial charge >= 0.3 is 0 Å². The summed E-state index contributed by atoms with van der Waals surface area (Å²) in [7, 11) is 0. The molecule has 24 heavy (non-hydrogen) atoms. The lowest BCUT2D eigenvalue weighted by atomic mass is 9.94. The number of benzene rings is 1. The third-order valence-corrected chi connectivity index (χ3v) is 4.48. The van der Waals surface area contributed by atoms with Gasteiger partial charge in [-0.05, 0) is 53.4 Å². The number of aromatic nitrogens is 1. The molecule has 0 spiro atoms. The molecule has 6 heteroatoms. The second kappa shape index (κ2) is 6.46. The smallest absolute Gasteiger partial charge is 0.286 e. The van der Waals surface area contributed by atoms with Crippen LogP contribution in [0, 0.1) is 17.2 Å². The first-order valence-electron chi connectivity index (χ1n) is 7.57. The highest BCUT2D eigenvalue weighted by Gasteiger charge is 2.19. The van der Waals surface area contributed by atoms with Crippen LogP contribution in [0.25, 0.3) is 17.0 Å². The molecule has 0 fully saturated rings. The molecule has 0 atom stereocenters. The monoisotopic (exact) mass is 336 g/mol. The predicted molar refractivity (Wildman–Crippen MR) is 97.2 cm³/mol. The van der Waals surface area contributed by atoms with Crippen molar-refractivity contribution in [2.24, 2.45) is 16.6 Å². The summed E-state index contributed by atoms with van der Waals surface area (Å²) in [4.78, 5) is 20.3. The van der Waals surface area contributed by atoms with Crippen molar-refractivity contribution >= 4 is 39.8 Å². The number of rotatable bonds is 3. The van der Waals surface area contributed by atoms with E-state index in [2.05, 4.69) is 29.9 Å². The topological polar surface area (TPSA) is 92.1 Å². The van der Waals surface area contributed by atoms with Crippen molar-refractivity contribution < 1.29 is 4.79 Å². The maximum Gasteiger partial charge on any atom is 0.286 e. The fraction of sp³-hybridized carbons (Fsp3) is 0.222. The largest absolute Gasteiger partial charge is 0.378 e. The number of amides is 1. The van der Waals surface area contributed by atoms with Crippen LogP contribution in [-0.4, -0.2) is 16.1 Å². The molecule has 0 unspecified atom stereocenters. The van der Waals surface area contributed by atoms with E-state index in [1.165, 1.54) is 11.8 Å². The number of carbonyl (C=O) groups is 1. The van der Waals surface area contributed by atoms with Crippen LogP contribution in [0.15, 0.2) is 34.3 Å². The van der Waals surface area contributed by atoms with Gasteiger partial charge in [0.25, 0.3) is 5.91 Å². The van der Waals surface area contributed by atoms with E-state index in [9.17, 15) is 10.1 Å². The van der Waals surface area contributed by atoms with Crippen LogP contribution >= 0.6 is 11.8 Å². The molecule has 0 saturated heterocycles. The average molecular weight is 336 g/mol. The Morgan fingerprint density at radius 1 is 1.42 bits per heavy atom. The van der Waals surface area contributed by atoms with Crippen LogP contribution in [0.4, 0.5) is 0 Å². The van der Waals surface area contributed by atoms with Crippen molar-refractivity contribution in [1.29, 1.82) is 5.26 Å². The normalized spacial score (nSPS) is 16.0. The lowest BCUT2D eigenvalue weighted by Crippen LogP contribution is -2.01. The predicted octanol–water partition coefficient (Wildman–Crippen LogP) is 3.23. The number of amidine groups is 1. The number of carbonyl (C=O) groups excluding carboxylic acids is 1. The van der Waals surface area contributed by atoms with Gasteiger partial charge in [0.15, 0.2) is 5.17 Å². The molecule has 3 rings (SSSR count). The highest BCUT2D eigenvalue weighted by Crippen LogP contribution is 2.29. The van der Waals surface area contributed by atoms with E-state index in [-0.39, 0.29) is 11.1 Å². The number of hydrogen-bond acceptors (Lipinski definition) is 5. The molecular weight excluding hydrogens is 320 g/mol. The quantitative estimate of drug-likeness (QED) is 0.869. The Labute approximate surface area is 144 Å². The van der Waals surface area contributed by atoms with Crippen molar-refractivity contribution in [3.8, 4) is 6.07 Å². The minimum Gasteiger partial charge on any atom is -0.378 e. The second-order valence-corrected chi connectivity index (χ2v) is 7.06. The molecule has 1 aliphatic rings. The van der Waals surface area contributed by atoms with Crippen LogP contribution in [0.1, 0.15) is 30.5 Å². The van der Waals surface area contributed by atoms with Gasteiger partial charge in [-0.25, -0.2) is 0 Å². The van der Waals surface area contributed by atoms with E-state index in [4.69, 9.17) is 5.73 Å². The number of pyridine rings is 1. The lowest BCUT2D eigenvalue weighted by Gasteiger charge is -2.11. The minimum absolute atomic E-state index is 0.265. The number of thioether (sulfide) groups is 1. The molecule has 1 aromatic heterocycles. The first-order valence-corrected chi connectivity index (χ1v) is 8.39. The Kier molecular flexibility index (Phi) is 4.36. The number of nitrogens with zero attached hydrogens (tertiary/aromatic N) is 3. The van der Waals surface area contributed by atoms with Gasteiger partial charge in [-0.15, -0.1) is 0 Å². The van der Waals surface area contributed by atoms with Gasteiger partial charge in [0, 0.05) is 11.6 Å². The molecule has 5 nitrogen and oxygen atoms in total. The Balaban J connectivity index is 2.11. The van der Waals surface area contributed by atoms with E-state index in [0.29, 0.717) is 16.4 Å². The first-order chi connectivity index (χ1) is 11.5. The maximum absolute atomic E-state index is 11.8. The highest BCUT2D eigenvalue weighted by atomic mass is 32.2. The zero-order valence-corrected chi connectivity index (χ0v) is 14.2. The second-order valence-electron chi connectivity index (χ2n) is 6.00. The van der Waals surface area contributed by atoms with Gasteiger partial charge in [-0.1, -0.05) is 19.9 Å². The molecule has 2 N–H and O–H groups in total. The summed E-state index contributed by atoms with van der Waals surface area (Å²) in [6, 6.07) is 8.00. The molecule has 0 saturated carbocycles. The molecule has 2 aromatic rings. The zero-order valence-electron chi connectivity index (χ0n) is 13.4. The number of hydrogen-bond donors (Lipinski definition) is 1. The molecule has 1 aliphatic heterocycles. The number of nitrogens with two attached hydrogens (primary N) is 1. The first kappa shape index (κ1) is 16.2. The van der Waals surface area contributed by atoms with Gasteiger partial charge < -0.3 is 5.73 Å². The molecule has 0 radical (unpaired) electrons. The zero-order chi connectivity index (χ0) is 17.3. The molecule has 0 aliphatic carbocycles. The molecule has 0 bridgehead atoms.